The van der Waals surface area contributed by atoms with Crippen molar-refractivity contribution >= 4 is 39.0 Å². The SMILES string of the molecule is CCNS(=O)(=O)c1cccc(N2N=C(C)C(N=Nc3ccccc3C(=O)O)C2=O)c1. The van der Waals surface area contributed by atoms with E-state index in [0.29, 0.717) is 5.71 Å². The molecule has 0 aliphatic carbocycles. The zero-order chi connectivity index (χ0) is 21.9. The van der Waals surface area contributed by atoms with Crippen molar-refractivity contribution in [1.82, 2.24) is 4.72 Å². The lowest BCUT2D eigenvalue weighted by atomic mass is 10.2. The second-order valence-electron chi connectivity index (χ2n) is 6.33. The highest BCUT2D eigenvalue weighted by Crippen LogP contribution is 2.26. The number of azo groups is 1. The number of aromatic carboxylic acids is 1. The molecule has 11 heteroatoms. The first kappa shape index (κ1) is 21.3. The molecule has 30 heavy (non-hydrogen) atoms. The third-order valence-electron chi connectivity index (χ3n) is 4.22. The molecule has 0 radical (unpaired) electrons. The van der Waals surface area contributed by atoms with Crippen molar-refractivity contribution in [3.63, 3.8) is 0 Å². The van der Waals surface area contributed by atoms with Crippen LogP contribution in [-0.2, 0) is 14.8 Å². The number of hydrogen-bond acceptors (Lipinski definition) is 7. The molecule has 0 fully saturated rings. The summed E-state index contributed by atoms with van der Waals surface area (Å²) in [5.74, 6) is -1.69. The van der Waals surface area contributed by atoms with E-state index in [1.54, 1.807) is 32.0 Å². The lowest BCUT2D eigenvalue weighted by Gasteiger charge is -2.14. The Morgan fingerprint density at radius 2 is 1.97 bits per heavy atom. The Morgan fingerprint density at radius 1 is 1.23 bits per heavy atom. The van der Waals surface area contributed by atoms with E-state index < -0.39 is 27.9 Å². The zero-order valence-corrected chi connectivity index (χ0v) is 17.0. The van der Waals surface area contributed by atoms with Gasteiger partial charge in [0, 0.05) is 6.54 Å². The predicted molar refractivity (Wildman–Crippen MR) is 110 cm³/mol. The van der Waals surface area contributed by atoms with Crippen molar-refractivity contribution in [2.45, 2.75) is 24.8 Å². The van der Waals surface area contributed by atoms with Crippen molar-refractivity contribution in [1.29, 1.82) is 0 Å². The fourth-order valence-corrected chi connectivity index (χ4v) is 3.87. The van der Waals surface area contributed by atoms with Gasteiger partial charge in [0.1, 0.15) is 0 Å². The van der Waals surface area contributed by atoms with E-state index in [0.717, 1.165) is 5.01 Å². The van der Waals surface area contributed by atoms with E-state index in [-0.39, 0.29) is 28.4 Å². The summed E-state index contributed by atoms with van der Waals surface area (Å²) in [5, 5.41) is 22.4. The second-order valence-corrected chi connectivity index (χ2v) is 8.10. The second kappa shape index (κ2) is 8.51. The summed E-state index contributed by atoms with van der Waals surface area (Å²) in [5.41, 5.74) is 0.681. The monoisotopic (exact) mass is 429 g/mol. The Bertz CT molecular complexity index is 1160. The summed E-state index contributed by atoms with van der Waals surface area (Å²) >= 11 is 0. The van der Waals surface area contributed by atoms with Crippen LogP contribution in [0.25, 0.3) is 0 Å². The Kier molecular flexibility index (Phi) is 6.04. The van der Waals surface area contributed by atoms with Gasteiger partial charge in [-0.25, -0.2) is 17.9 Å². The van der Waals surface area contributed by atoms with Crippen LogP contribution in [0.5, 0.6) is 0 Å². The van der Waals surface area contributed by atoms with E-state index in [4.69, 9.17) is 0 Å². The van der Waals surface area contributed by atoms with E-state index in [1.807, 2.05) is 0 Å². The van der Waals surface area contributed by atoms with Gasteiger partial charge in [0.2, 0.25) is 10.0 Å². The number of carbonyl (C=O) groups excluding carboxylic acids is 1. The minimum absolute atomic E-state index is 0.00275. The Hall–Kier alpha value is -3.44. The molecule has 1 aliphatic rings. The van der Waals surface area contributed by atoms with E-state index in [1.165, 1.54) is 30.3 Å². The van der Waals surface area contributed by atoms with Crippen LogP contribution < -0.4 is 9.73 Å². The highest BCUT2D eigenvalue weighted by Gasteiger charge is 2.35. The van der Waals surface area contributed by atoms with Crippen LogP contribution in [0.1, 0.15) is 24.2 Å². The molecule has 2 N–H and O–H groups in total. The summed E-state index contributed by atoms with van der Waals surface area (Å²) < 4.78 is 26.8. The predicted octanol–water partition coefficient (Wildman–Crippen LogP) is 2.56. The molecule has 0 aromatic heterocycles. The molecule has 1 aliphatic heterocycles. The third-order valence-corrected chi connectivity index (χ3v) is 5.76. The lowest BCUT2D eigenvalue weighted by molar-refractivity contribution is -0.117. The average molecular weight is 429 g/mol. The molecule has 1 heterocycles. The molecule has 3 rings (SSSR count). The number of rotatable bonds is 7. The van der Waals surface area contributed by atoms with Gasteiger partial charge in [0.25, 0.3) is 5.91 Å². The van der Waals surface area contributed by atoms with Crippen LogP contribution in [0.4, 0.5) is 11.4 Å². The number of carboxylic acid groups (broad SMARTS) is 1. The maximum atomic E-state index is 12.8. The quantitative estimate of drug-likeness (QED) is 0.651. The third kappa shape index (κ3) is 4.26. The Balaban J connectivity index is 1.88. The standard InChI is InChI=1S/C19H19N5O5S/c1-3-20-30(28,29)14-8-6-7-13(11-14)24-18(25)17(12(2)23-24)22-21-16-10-5-4-9-15(16)19(26)27/h4-11,17,20H,3H2,1-2H3,(H,26,27). The number of hydrogen-bond donors (Lipinski definition) is 2. The van der Waals surface area contributed by atoms with E-state index >= 15 is 0 Å². The zero-order valence-electron chi connectivity index (χ0n) is 16.2. The summed E-state index contributed by atoms with van der Waals surface area (Å²) in [6, 6.07) is 10.8. The minimum Gasteiger partial charge on any atom is -0.478 e. The number of anilines is 1. The molecule has 1 unspecified atom stereocenters. The molecular weight excluding hydrogens is 410 g/mol. The van der Waals surface area contributed by atoms with Crippen LogP contribution >= 0.6 is 0 Å². The van der Waals surface area contributed by atoms with Gasteiger partial charge in [-0.15, -0.1) is 0 Å². The molecule has 0 saturated carbocycles. The van der Waals surface area contributed by atoms with Crippen LogP contribution in [0.2, 0.25) is 0 Å². The molecule has 1 amide bonds. The van der Waals surface area contributed by atoms with Crippen LogP contribution in [0.15, 0.2) is 68.8 Å². The van der Waals surface area contributed by atoms with Crippen molar-refractivity contribution in [3.05, 3.63) is 54.1 Å². The smallest absolute Gasteiger partial charge is 0.337 e. The highest BCUT2D eigenvalue weighted by atomic mass is 32.2. The number of nitrogens with zero attached hydrogens (tertiary/aromatic N) is 4. The number of carboxylic acids is 1. The maximum absolute atomic E-state index is 12.8. The normalized spacial score (nSPS) is 16.9. The van der Waals surface area contributed by atoms with Crippen molar-refractivity contribution in [2.75, 3.05) is 11.6 Å². The molecular formula is C19H19N5O5S. The van der Waals surface area contributed by atoms with Gasteiger partial charge in [-0.2, -0.15) is 20.3 Å². The minimum atomic E-state index is -3.70. The summed E-state index contributed by atoms with van der Waals surface area (Å²) in [4.78, 5) is 24.1. The van der Waals surface area contributed by atoms with Gasteiger partial charge < -0.3 is 5.11 Å². The van der Waals surface area contributed by atoms with Crippen molar-refractivity contribution < 1.29 is 23.1 Å². The lowest BCUT2D eigenvalue weighted by Crippen LogP contribution is -2.30. The molecule has 2 aromatic carbocycles. The topological polar surface area (TPSA) is 141 Å². The number of hydrazone groups is 1. The Morgan fingerprint density at radius 3 is 2.67 bits per heavy atom. The average Bonchev–Trinajstić information content (AvgIpc) is 3.00. The first-order chi connectivity index (χ1) is 14.2. The number of benzene rings is 2. The number of amides is 1. The van der Waals surface area contributed by atoms with Crippen molar-refractivity contribution in [2.24, 2.45) is 15.3 Å². The molecule has 0 saturated heterocycles. The number of carbonyl (C=O) groups is 2. The first-order valence-corrected chi connectivity index (χ1v) is 10.4. The van der Waals surface area contributed by atoms with Gasteiger partial charge in [-0.3, -0.25) is 4.79 Å². The fourth-order valence-electron chi connectivity index (χ4n) is 2.79. The number of sulfonamides is 1. The largest absolute Gasteiger partial charge is 0.478 e. The van der Waals surface area contributed by atoms with Crippen LogP contribution in [0.3, 0.4) is 0 Å². The van der Waals surface area contributed by atoms with Gasteiger partial charge in [-0.05, 0) is 37.3 Å². The number of nitrogens with one attached hydrogen (secondary N) is 1. The molecule has 2 aromatic rings. The van der Waals surface area contributed by atoms with Gasteiger partial charge in [0.15, 0.2) is 6.04 Å². The highest BCUT2D eigenvalue weighted by molar-refractivity contribution is 7.89. The maximum Gasteiger partial charge on any atom is 0.337 e. The molecule has 0 spiro atoms. The molecule has 156 valence electrons. The fraction of sp³-hybridized carbons (Fsp3) is 0.211. The summed E-state index contributed by atoms with van der Waals surface area (Å²) in [7, 11) is -3.70. The van der Waals surface area contributed by atoms with Gasteiger partial charge in [-0.1, -0.05) is 25.1 Å². The van der Waals surface area contributed by atoms with Crippen molar-refractivity contribution in [3.8, 4) is 0 Å². The summed E-state index contributed by atoms with van der Waals surface area (Å²) in [6.07, 6.45) is 0. The molecule has 1 atom stereocenters. The van der Waals surface area contributed by atoms with Gasteiger partial charge in [0.05, 0.1) is 27.5 Å². The van der Waals surface area contributed by atoms with Crippen LogP contribution in [0, 0.1) is 0 Å². The Labute approximate surface area is 173 Å². The van der Waals surface area contributed by atoms with E-state index in [9.17, 15) is 23.1 Å². The van der Waals surface area contributed by atoms with E-state index in [2.05, 4.69) is 20.1 Å². The van der Waals surface area contributed by atoms with Crippen LogP contribution in [-0.4, -0.2) is 43.7 Å². The first-order valence-electron chi connectivity index (χ1n) is 8.96. The summed E-state index contributed by atoms with van der Waals surface area (Å²) in [6.45, 7) is 3.48. The molecule has 0 bridgehead atoms. The molecule has 10 nitrogen and oxygen atoms in total. The van der Waals surface area contributed by atoms with Gasteiger partial charge >= 0.3 is 5.97 Å².